The van der Waals surface area contributed by atoms with Crippen molar-refractivity contribution in [3.63, 3.8) is 0 Å². The molecule has 0 bridgehead atoms. The summed E-state index contributed by atoms with van der Waals surface area (Å²) in [6.45, 7) is 0. The summed E-state index contributed by atoms with van der Waals surface area (Å²) in [5.41, 5.74) is 8.07. The fourth-order valence-corrected chi connectivity index (χ4v) is 1.88. The second-order valence-electron chi connectivity index (χ2n) is 4.02. The third kappa shape index (κ3) is 2.01. The van der Waals surface area contributed by atoms with Gasteiger partial charge in [-0.05, 0) is 24.3 Å². The normalized spacial score (nSPS) is 10.5. The van der Waals surface area contributed by atoms with Crippen molar-refractivity contribution in [2.75, 3.05) is 0 Å². The highest BCUT2D eigenvalue weighted by Gasteiger charge is 2.15. The second-order valence-corrected chi connectivity index (χ2v) is 4.02. The number of para-hydroxylation sites is 2. The van der Waals surface area contributed by atoms with E-state index in [1.54, 1.807) is 24.5 Å². The van der Waals surface area contributed by atoms with E-state index in [4.69, 9.17) is 5.73 Å². The van der Waals surface area contributed by atoms with E-state index in [0.717, 1.165) is 5.56 Å². The van der Waals surface area contributed by atoms with Gasteiger partial charge in [0, 0.05) is 18.0 Å². The molecule has 0 atom stereocenters. The number of aromatic nitrogens is 3. The van der Waals surface area contributed by atoms with Crippen LogP contribution in [0, 0.1) is 0 Å². The average Bonchev–Trinajstić information content (AvgIpc) is 2.46. The van der Waals surface area contributed by atoms with E-state index in [0.29, 0.717) is 16.7 Å². The van der Waals surface area contributed by atoms with Gasteiger partial charge in [-0.2, -0.15) is 0 Å². The summed E-state index contributed by atoms with van der Waals surface area (Å²) in [5.74, 6) is -0.600. The van der Waals surface area contributed by atoms with E-state index in [9.17, 15) is 4.79 Å². The van der Waals surface area contributed by atoms with Crippen LogP contribution >= 0.6 is 0 Å². The molecule has 0 saturated heterocycles. The van der Waals surface area contributed by atoms with E-state index in [1.807, 2.05) is 24.3 Å². The van der Waals surface area contributed by atoms with Crippen molar-refractivity contribution >= 4 is 16.9 Å². The number of carbonyl (C=O) groups excluding carboxylic acids is 1. The Labute approximate surface area is 109 Å². The van der Waals surface area contributed by atoms with Gasteiger partial charge >= 0.3 is 0 Å². The lowest BCUT2D eigenvalue weighted by molar-refractivity contribution is 0.0996. The molecule has 0 unspecified atom stereocenters. The van der Waals surface area contributed by atoms with Crippen molar-refractivity contribution in [1.82, 2.24) is 15.0 Å². The molecule has 2 heterocycles. The van der Waals surface area contributed by atoms with Gasteiger partial charge in [0.2, 0.25) is 0 Å². The van der Waals surface area contributed by atoms with E-state index >= 15 is 0 Å². The third-order valence-corrected chi connectivity index (χ3v) is 2.74. The number of rotatable bonds is 2. The summed E-state index contributed by atoms with van der Waals surface area (Å²) in [7, 11) is 0. The molecule has 1 aromatic carbocycles. The molecule has 1 amide bonds. The Hall–Kier alpha value is -2.82. The molecule has 5 heteroatoms. The SMILES string of the molecule is NC(=O)c1nc2ccccc2nc1-c1cccnc1. The Morgan fingerprint density at radius 1 is 1.00 bits per heavy atom. The predicted molar refractivity (Wildman–Crippen MR) is 71.3 cm³/mol. The number of pyridine rings is 1. The number of hydrogen-bond donors (Lipinski definition) is 1. The molecule has 0 aliphatic heterocycles. The first-order chi connectivity index (χ1) is 9.25. The smallest absolute Gasteiger partial charge is 0.269 e. The van der Waals surface area contributed by atoms with Crippen molar-refractivity contribution < 1.29 is 4.79 Å². The minimum absolute atomic E-state index is 0.159. The van der Waals surface area contributed by atoms with Gasteiger partial charge in [0.1, 0.15) is 5.69 Å². The predicted octanol–water partition coefficient (Wildman–Crippen LogP) is 1.79. The van der Waals surface area contributed by atoms with Crippen molar-refractivity contribution in [1.29, 1.82) is 0 Å². The average molecular weight is 250 g/mol. The number of fused-ring (bicyclic) bond motifs is 1. The highest BCUT2D eigenvalue weighted by molar-refractivity contribution is 5.98. The summed E-state index contributed by atoms with van der Waals surface area (Å²) in [6, 6.07) is 10.9. The van der Waals surface area contributed by atoms with Crippen LogP contribution in [0.4, 0.5) is 0 Å². The minimum Gasteiger partial charge on any atom is -0.364 e. The zero-order valence-corrected chi connectivity index (χ0v) is 9.95. The van der Waals surface area contributed by atoms with Crippen LogP contribution in [0.2, 0.25) is 0 Å². The molecule has 19 heavy (non-hydrogen) atoms. The zero-order chi connectivity index (χ0) is 13.2. The summed E-state index contributed by atoms with van der Waals surface area (Å²) in [4.78, 5) is 24.3. The highest BCUT2D eigenvalue weighted by Crippen LogP contribution is 2.22. The molecule has 0 fully saturated rings. The maximum Gasteiger partial charge on any atom is 0.269 e. The largest absolute Gasteiger partial charge is 0.364 e. The Balaban J connectivity index is 2.33. The first-order valence-electron chi connectivity index (χ1n) is 5.72. The quantitative estimate of drug-likeness (QED) is 0.751. The van der Waals surface area contributed by atoms with Gasteiger partial charge in [0.25, 0.3) is 5.91 Å². The van der Waals surface area contributed by atoms with Crippen LogP contribution in [0.25, 0.3) is 22.3 Å². The maximum atomic E-state index is 11.5. The van der Waals surface area contributed by atoms with Crippen molar-refractivity contribution in [3.05, 3.63) is 54.5 Å². The van der Waals surface area contributed by atoms with Gasteiger partial charge in [-0.3, -0.25) is 9.78 Å². The van der Waals surface area contributed by atoms with Gasteiger partial charge in [-0.25, -0.2) is 9.97 Å². The third-order valence-electron chi connectivity index (χ3n) is 2.74. The molecule has 0 aliphatic carbocycles. The van der Waals surface area contributed by atoms with Crippen LogP contribution in [-0.4, -0.2) is 20.9 Å². The fourth-order valence-electron chi connectivity index (χ4n) is 1.88. The molecule has 3 rings (SSSR count). The molecule has 5 nitrogen and oxygen atoms in total. The summed E-state index contributed by atoms with van der Waals surface area (Å²) >= 11 is 0. The molecule has 0 spiro atoms. The number of amides is 1. The van der Waals surface area contributed by atoms with Gasteiger partial charge in [-0.15, -0.1) is 0 Å². The number of nitrogens with two attached hydrogens (primary N) is 1. The Bertz CT molecular complexity index is 756. The lowest BCUT2D eigenvalue weighted by Gasteiger charge is -2.06. The fraction of sp³-hybridized carbons (Fsp3) is 0. The lowest BCUT2D eigenvalue weighted by Crippen LogP contribution is -2.15. The van der Waals surface area contributed by atoms with Crippen molar-refractivity contribution in [3.8, 4) is 11.3 Å². The lowest BCUT2D eigenvalue weighted by atomic mass is 10.1. The number of primary amides is 1. The number of benzene rings is 1. The molecule has 3 aromatic rings. The monoisotopic (exact) mass is 250 g/mol. The topological polar surface area (TPSA) is 81.8 Å². The second kappa shape index (κ2) is 4.45. The molecule has 0 radical (unpaired) electrons. The zero-order valence-electron chi connectivity index (χ0n) is 9.95. The van der Waals surface area contributed by atoms with Crippen molar-refractivity contribution in [2.24, 2.45) is 5.73 Å². The molecule has 2 aromatic heterocycles. The molecule has 92 valence electrons. The number of carbonyl (C=O) groups is 1. The minimum atomic E-state index is -0.600. The molecular weight excluding hydrogens is 240 g/mol. The maximum absolute atomic E-state index is 11.5. The van der Waals surface area contributed by atoms with E-state index < -0.39 is 5.91 Å². The Kier molecular flexibility index (Phi) is 2.64. The van der Waals surface area contributed by atoms with Crippen molar-refractivity contribution in [2.45, 2.75) is 0 Å². The standard InChI is InChI=1S/C14H10N4O/c15-14(19)13-12(9-4-3-7-16-8-9)17-10-5-1-2-6-11(10)18-13/h1-8H,(H2,15,19). The van der Waals surface area contributed by atoms with E-state index in [-0.39, 0.29) is 5.69 Å². The molecular formula is C14H10N4O. The molecule has 2 N–H and O–H groups in total. The van der Waals surface area contributed by atoms with Crippen LogP contribution in [0.15, 0.2) is 48.8 Å². The van der Waals surface area contributed by atoms with Gasteiger partial charge in [-0.1, -0.05) is 12.1 Å². The first-order valence-corrected chi connectivity index (χ1v) is 5.72. The highest BCUT2D eigenvalue weighted by atomic mass is 16.1. The Morgan fingerprint density at radius 2 is 1.74 bits per heavy atom. The van der Waals surface area contributed by atoms with Crippen LogP contribution < -0.4 is 5.73 Å². The van der Waals surface area contributed by atoms with Crippen LogP contribution in [0.3, 0.4) is 0 Å². The van der Waals surface area contributed by atoms with Crippen LogP contribution in [-0.2, 0) is 0 Å². The van der Waals surface area contributed by atoms with E-state index in [1.165, 1.54) is 0 Å². The summed E-state index contributed by atoms with van der Waals surface area (Å²) < 4.78 is 0. The first kappa shape index (κ1) is 11.3. The summed E-state index contributed by atoms with van der Waals surface area (Å²) in [5, 5.41) is 0. The number of hydrogen-bond acceptors (Lipinski definition) is 4. The Morgan fingerprint density at radius 3 is 2.37 bits per heavy atom. The van der Waals surface area contributed by atoms with Crippen LogP contribution in [0.5, 0.6) is 0 Å². The van der Waals surface area contributed by atoms with Gasteiger partial charge < -0.3 is 5.73 Å². The van der Waals surface area contributed by atoms with Crippen LogP contribution in [0.1, 0.15) is 10.5 Å². The van der Waals surface area contributed by atoms with Gasteiger partial charge in [0.05, 0.1) is 11.0 Å². The molecule has 0 aliphatic rings. The summed E-state index contributed by atoms with van der Waals surface area (Å²) in [6.07, 6.45) is 3.28. The number of nitrogens with zero attached hydrogens (tertiary/aromatic N) is 3. The van der Waals surface area contributed by atoms with E-state index in [2.05, 4.69) is 15.0 Å². The van der Waals surface area contributed by atoms with Gasteiger partial charge in [0.15, 0.2) is 5.69 Å². The molecule has 0 saturated carbocycles.